The first-order valence-corrected chi connectivity index (χ1v) is 6.11. The Balaban J connectivity index is 0. The second-order valence-electron chi connectivity index (χ2n) is 5.26. The number of carboxylic acid groups (broad SMARTS) is 1. The van der Waals surface area contributed by atoms with Crippen molar-refractivity contribution in [2.24, 2.45) is 5.41 Å². The number of carbonyl (C=O) groups excluding carboxylic acids is 1. The zero-order valence-corrected chi connectivity index (χ0v) is 13.8. The van der Waals surface area contributed by atoms with E-state index in [1.54, 1.807) is 6.08 Å². The van der Waals surface area contributed by atoms with Gasteiger partial charge in [-0.1, -0.05) is 33.3 Å². The summed E-state index contributed by atoms with van der Waals surface area (Å²) in [6.45, 7) is 6.13. The van der Waals surface area contributed by atoms with Gasteiger partial charge in [0.25, 0.3) is 0 Å². The minimum atomic E-state index is -1.02. The maximum Gasteiger partial charge on any atom is 1.00 e. The van der Waals surface area contributed by atoms with Crippen molar-refractivity contribution in [3.05, 3.63) is 11.8 Å². The Morgan fingerprint density at radius 1 is 1.56 bits per heavy atom. The molecule has 0 aromatic heterocycles. The molecule has 1 unspecified atom stereocenters. The maximum atomic E-state index is 11.2. The first-order chi connectivity index (χ1) is 7.94. The molecule has 0 aliphatic heterocycles. The number of allylic oxidation sites excluding steroid dienone is 1. The second-order valence-corrected chi connectivity index (χ2v) is 5.26. The molecule has 0 aromatic rings. The van der Waals surface area contributed by atoms with Gasteiger partial charge in [-0.15, -0.1) is 0 Å². The third kappa shape index (κ3) is 4.41. The van der Waals surface area contributed by atoms with Gasteiger partial charge in [-0.3, -0.25) is 4.79 Å². The smallest absolute Gasteiger partial charge is 1.00 e. The maximum absolute atomic E-state index is 11.2. The minimum Gasteiger partial charge on any atom is -1.00 e. The third-order valence-electron chi connectivity index (χ3n) is 3.30. The number of rotatable bonds is 7. The fourth-order valence-corrected chi connectivity index (χ4v) is 1.96. The predicted molar refractivity (Wildman–Crippen MR) is 66.4 cm³/mol. The summed E-state index contributed by atoms with van der Waals surface area (Å²) in [4.78, 5) is 23.6. The summed E-state index contributed by atoms with van der Waals surface area (Å²) in [5.74, 6) is -1.02. The molecular formula is C13H22NNaO3. The van der Waals surface area contributed by atoms with Gasteiger partial charge in [0.05, 0.1) is 0 Å². The van der Waals surface area contributed by atoms with Gasteiger partial charge in [0.2, 0.25) is 6.41 Å². The normalized spacial score (nSPS) is 20.8. The molecule has 4 nitrogen and oxygen atoms in total. The summed E-state index contributed by atoms with van der Waals surface area (Å²) in [5.41, 5.74) is 0.171. The molecule has 1 aliphatic carbocycles. The van der Waals surface area contributed by atoms with Crippen molar-refractivity contribution in [1.82, 2.24) is 4.90 Å². The average Bonchev–Trinajstić information content (AvgIpc) is 2.86. The molecule has 5 heteroatoms. The van der Waals surface area contributed by atoms with Crippen molar-refractivity contribution < 1.29 is 45.7 Å². The summed E-state index contributed by atoms with van der Waals surface area (Å²) in [5, 5.41) is 9.15. The monoisotopic (exact) mass is 263 g/mol. The minimum absolute atomic E-state index is 0. The summed E-state index contributed by atoms with van der Waals surface area (Å²) >= 11 is 0. The predicted octanol–water partition coefficient (Wildman–Crippen LogP) is -0.481. The molecular weight excluding hydrogens is 241 g/mol. The van der Waals surface area contributed by atoms with Crippen LogP contribution in [-0.4, -0.2) is 28.4 Å². The van der Waals surface area contributed by atoms with Crippen LogP contribution in [0.15, 0.2) is 11.8 Å². The van der Waals surface area contributed by atoms with Gasteiger partial charge >= 0.3 is 35.5 Å². The first-order valence-electron chi connectivity index (χ1n) is 6.11. The van der Waals surface area contributed by atoms with E-state index in [0.717, 1.165) is 19.3 Å². The van der Waals surface area contributed by atoms with Gasteiger partial charge in [0.15, 0.2) is 0 Å². The average molecular weight is 263 g/mol. The van der Waals surface area contributed by atoms with E-state index in [1.807, 2.05) is 13.8 Å². The summed E-state index contributed by atoms with van der Waals surface area (Å²) in [6, 6.07) is 0.0315. The molecule has 1 amide bonds. The molecule has 1 aliphatic rings. The largest absolute Gasteiger partial charge is 1.00 e. The van der Waals surface area contributed by atoms with Crippen LogP contribution in [-0.2, 0) is 9.59 Å². The van der Waals surface area contributed by atoms with Crippen molar-refractivity contribution in [1.29, 1.82) is 0 Å². The molecule has 0 spiro atoms. The third-order valence-corrected chi connectivity index (χ3v) is 3.30. The Labute approximate surface area is 132 Å². The molecule has 0 aromatic carbocycles. The van der Waals surface area contributed by atoms with E-state index >= 15 is 0 Å². The molecule has 0 radical (unpaired) electrons. The molecule has 0 bridgehead atoms. The van der Waals surface area contributed by atoms with Crippen molar-refractivity contribution in [2.45, 2.75) is 52.5 Å². The number of hydrogen-bond donors (Lipinski definition) is 1. The number of amides is 1. The van der Waals surface area contributed by atoms with E-state index in [0.29, 0.717) is 12.8 Å². The van der Waals surface area contributed by atoms with Gasteiger partial charge in [-0.25, -0.2) is 4.79 Å². The Hall–Kier alpha value is -0.320. The molecule has 1 rings (SSSR count). The molecule has 18 heavy (non-hydrogen) atoms. The SMILES string of the molecule is CCCCC=C(C(=O)O)N(C=O)C1CC1(C)C.[H-].[Na+]. The van der Waals surface area contributed by atoms with Gasteiger partial charge in [0.1, 0.15) is 5.70 Å². The molecule has 98 valence electrons. The van der Waals surface area contributed by atoms with Crippen LogP contribution in [0.25, 0.3) is 0 Å². The number of unbranched alkanes of at least 4 members (excludes halogenated alkanes) is 2. The fraction of sp³-hybridized carbons (Fsp3) is 0.692. The quantitative estimate of drug-likeness (QED) is 0.292. The Kier molecular flexibility index (Phi) is 7.18. The van der Waals surface area contributed by atoms with Crippen molar-refractivity contribution in [3.63, 3.8) is 0 Å². The van der Waals surface area contributed by atoms with E-state index in [9.17, 15) is 9.59 Å². The van der Waals surface area contributed by atoms with E-state index in [2.05, 4.69) is 6.92 Å². The van der Waals surface area contributed by atoms with Crippen molar-refractivity contribution >= 4 is 12.4 Å². The molecule has 1 fully saturated rings. The second kappa shape index (κ2) is 7.31. The van der Waals surface area contributed by atoms with Crippen LogP contribution >= 0.6 is 0 Å². The van der Waals surface area contributed by atoms with Crippen molar-refractivity contribution in [3.8, 4) is 0 Å². The first kappa shape index (κ1) is 17.7. The van der Waals surface area contributed by atoms with Crippen LogP contribution in [0.3, 0.4) is 0 Å². The standard InChI is InChI=1S/C13H21NO3.Na.H/c1-4-5-6-7-10(12(16)17)14(9-15)11-8-13(11,2)3;;/h7,9,11H,4-6,8H2,1-3H3,(H,16,17);;/q;+1;-1. The Morgan fingerprint density at radius 3 is 2.44 bits per heavy atom. The van der Waals surface area contributed by atoms with Gasteiger partial charge in [-0.05, 0) is 24.7 Å². The Morgan fingerprint density at radius 2 is 2.11 bits per heavy atom. The summed E-state index contributed by atoms with van der Waals surface area (Å²) in [6.07, 6.45) is 5.83. The number of aliphatic carboxylic acids is 1. The number of carboxylic acids is 1. The van der Waals surface area contributed by atoms with E-state index in [4.69, 9.17) is 5.11 Å². The number of carbonyl (C=O) groups is 2. The van der Waals surface area contributed by atoms with Gasteiger partial charge < -0.3 is 11.4 Å². The van der Waals surface area contributed by atoms with E-state index in [1.165, 1.54) is 4.90 Å². The Bertz CT molecular complexity index is 345. The van der Waals surface area contributed by atoms with Gasteiger partial charge in [-0.2, -0.15) is 0 Å². The molecule has 0 saturated heterocycles. The summed E-state index contributed by atoms with van der Waals surface area (Å²) in [7, 11) is 0. The van der Waals surface area contributed by atoms with Crippen molar-refractivity contribution in [2.75, 3.05) is 0 Å². The van der Waals surface area contributed by atoms with Crippen LogP contribution in [0.2, 0.25) is 0 Å². The van der Waals surface area contributed by atoms with Crippen LogP contribution in [0.1, 0.15) is 47.9 Å². The topological polar surface area (TPSA) is 57.6 Å². The summed E-state index contributed by atoms with van der Waals surface area (Å²) < 4.78 is 0. The van der Waals surface area contributed by atoms with Crippen LogP contribution in [0.4, 0.5) is 0 Å². The van der Waals surface area contributed by atoms with Crippen LogP contribution < -0.4 is 29.6 Å². The zero-order chi connectivity index (χ0) is 13.1. The molecule has 0 heterocycles. The van der Waals surface area contributed by atoms with E-state index < -0.39 is 5.97 Å². The molecule has 1 atom stereocenters. The number of nitrogens with zero attached hydrogens (tertiary/aromatic N) is 1. The van der Waals surface area contributed by atoms with Gasteiger partial charge in [0, 0.05) is 6.04 Å². The molecule has 1 N–H and O–H groups in total. The van der Waals surface area contributed by atoms with Crippen LogP contribution in [0, 0.1) is 5.41 Å². The van der Waals surface area contributed by atoms with E-state index in [-0.39, 0.29) is 48.1 Å². The fourth-order valence-electron chi connectivity index (χ4n) is 1.96. The number of hydrogen-bond acceptors (Lipinski definition) is 2. The van der Waals surface area contributed by atoms with Crippen LogP contribution in [0.5, 0.6) is 0 Å². The molecule has 1 saturated carbocycles. The zero-order valence-electron chi connectivity index (χ0n) is 12.8.